The van der Waals surface area contributed by atoms with Crippen molar-refractivity contribution < 1.29 is 27.8 Å². The Hall–Kier alpha value is -3.09. The molecule has 9 heteroatoms. The van der Waals surface area contributed by atoms with Gasteiger partial charge in [0.05, 0.1) is 23.8 Å². The van der Waals surface area contributed by atoms with E-state index >= 15 is 0 Å². The van der Waals surface area contributed by atoms with Gasteiger partial charge in [-0.25, -0.2) is 0 Å². The number of anilines is 1. The molecule has 1 N–H and O–H groups in total. The standard InChI is InChI=1S/C26H28F3N3O3/c27-26(28,29)23-12-22(7-6-20(23)13-30)32-14-21(15-33)25(18-32)8-10-31(11-9-25)24(34)17-35-16-19-4-2-1-3-5-19/h1-7,12,21,33H,8-11,14-18H2. The molecule has 1 atom stereocenters. The Bertz CT molecular complexity index is 1080. The predicted molar refractivity (Wildman–Crippen MR) is 123 cm³/mol. The Labute approximate surface area is 202 Å². The van der Waals surface area contributed by atoms with Crippen LogP contribution >= 0.6 is 0 Å². The van der Waals surface area contributed by atoms with Crippen LogP contribution in [0.4, 0.5) is 18.9 Å². The van der Waals surface area contributed by atoms with Gasteiger partial charge in [-0.15, -0.1) is 0 Å². The Balaban J connectivity index is 1.38. The molecule has 0 aliphatic carbocycles. The third-order valence-corrected chi connectivity index (χ3v) is 7.28. The van der Waals surface area contributed by atoms with Gasteiger partial charge in [-0.3, -0.25) is 4.79 Å². The third-order valence-electron chi connectivity index (χ3n) is 7.28. The first-order valence-corrected chi connectivity index (χ1v) is 11.6. The topological polar surface area (TPSA) is 76.8 Å². The molecule has 2 saturated heterocycles. The average molecular weight is 488 g/mol. The van der Waals surface area contributed by atoms with E-state index in [1.165, 1.54) is 12.1 Å². The van der Waals surface area contributed by atoms with E-state index < -0.39 is 17.3 Å². The van der Waals surface area contributed by atoms with Gasteiger partial charge in [-0.1, -0.05) is 30.3 Å². The van der Waals surface area contributed by atoms with Crippen molar-refractivity contribution in [3.05, 3.63) is 65.2 Å². The lowest BCUT2D eigenvalue weighted by atomic mass is 9.71. The van der Waals surface area contributed by atoms with Gasteiger partial charge in [0.2, 0.25) is 5.91 Å². The fourth-order valence-electron chi connectivity index (χ4n) is 5.23. The summed E-state index contributed by atoms with van der Waals surface area (Å²) in [6.07, 6.45) is -3.31. The second-order valence-corrected chi connectivity index (χ2v) is 9.32. The number of hydrogen-bond acceptors (Lipinski definition) is 5. The molecule has 0 saturated carbocycles. The molecule has 0 aromatic heterocycles. The number of rotatable bonds is 6. The quantitative estimate of drug-likeness (QED) is 0.670. The first-order valence-electron chi connectivity index (χ1n) is 11.6. The van der Waals surface area contributed by atoms with E-state index in [0.717, 1.165) is 11.6 Å². The highest BCUT2D eigenvalue weighted by atomic mass is 19.4. The Morgan fingerprint density at radius 3 is 2.51 bits per heavy atom. The number of aliphatic hydroxyl groups excluding tert-OH is 1. The number of nitriles is 1. The maximum Gasteiger partial charge on any atom is 0.417 e. The molecule has 0 radical (unpaired) electrons. The van der Waals surface area contributed by atoms with Crippen molar-refractivity contribution in [2.45, 2.75) is 25.6 Å². The van der Waals surface area contributed by atoms with Gasteiger partial charge in [0.1, 0.15) is 6.61 Å². The summed E-state index contributed by atoms with van der Waals surface area (Å²) in [5.74, 6) is -0.202. The van der Waals surface area contributed by atoms with Crippen LogP contribution in [0.5, 0.6) is 0 Å². The van der Waals surface area contributed by atoms with Gasteiger partial charge in [-0.2, -0.15) is 18.4 Å². The number of likely N-dealkylation sites (tertiary alicyclic amines) is 1. The van der Waals surface area contributed by atoms with Crippen molar-refractivity contribution in [3.63, 3.8) is 0 Å². The molecular weight excluding hydrogens is 459 g/mol. The molecule has 1 spiro atoms. The van der Waals surface area contributed by atoms with Crippen LogP contribution < -0.4 is 4.90 Å². The van der Waals surface area contributed by atoms with Crippen LogP contribution in [0.3, 0.4) is 0 Å². The zero-order valence-corrected chi connectivity index (χ0v) is 19.3. The lowest BCUT2D eigenvalue weighted by Crippen LogP contribution is -2.48. The van der Waals surface area contributed by atoms with Crippen LogP contribution in [0.25, 0.3) is 0 Å². The van der Waals surface area contributed by atoms with Gasteiger partial charge < -0.3 is 19.6 Å². The van der Waals surface area contributed by atoms with Gasteiger partial charge in [0.15, 0.2) is 0 Å². The molecule has 2 aromatic carbocycles. The second-order valence-electron chi connectivity index (χ2n) is 9.32. The van der Waals surface area contributed by atoms with E-state index in [1.807, 2.05) is 35.2 Å². The van der Waals surface area contributed by atoms with Crippen molar-refractivity contribution in [1.29, 1.82) is 5.26 Å². The molecule has 1 unspecified atom stereocenters. The van der Waals surface area contributed by atoms with Crippen LogP contribution in [0, 0.1) is 22.7 Å². The van der Waals surface area contributed by atoms with Crippen molar-refractivity contribution in [3.8, 4) is 6.07 Å². The van der Waals surface area contributed by atoms with E-state index in [2.05, 4.69) is 0 Å². The van der Waals surface area contributed by atoms with E-state index in [4.69, 9.17) is 10.00 Å². The third kappa shape index (κ3) is 5.44. The SMILES string of the molecule is N#Cc1ccc(N2CC(CO)C3(CCN(C(=O)COCc4ccccc4)CC3)C2)cc1C(F)(F)F. The van der Waals surface area contributed by atoms with E-state index in [-0.39, 0.29) is 30.5 Å². The largest absolute Gasteiger partial charge is 0.417 e. The normalized spacial score (nSPS) is 19.7. The minimum absolute atomic E-state index is 0.0110. The number of carbonyl (C=O) groups is 1. The highest BCUT2D eigenvalue weighted by molar-refractivity contribution is 5.77. The van der Waals surface area contributed by atoms with Crippen LogP contribution in [-0.2, 0) is 22.3 Å². The number of ether oxygens (including phenoxy) is 1. The Morgan fingerprint density at radius 1 is 1.17 bits per heavy atom. The minimum Gasteiger partial charge on any atom is -0.396 e. The van der Waals surface area contributed by atoms with Gasteiger partial charge >= 0.3 is 6.18 Å². The molecule has 1 amide bonds. The maximum absolute atomic E-state index is 13.4. The van der Waals surface area contributed by atoms with Crippen LogP contribution in [0.1, 0.15) is 29.5 Å². The van der Waals surface area contributed by atoms with Crippen molar-refractivity contribution in [2.24, 2.45) is 11.3 Å². The molecule has 2 heterocycles. The maximum atomic E-state index is 13.4. The number of nitrogens with zero attached hydrogens (tertiary/aromatic N) is 3. The number of aliphatic hydroxyl groups is 1. The summed E-state index contributed by atoms with van der Waals surface area (Å²) in [6.45, 7) is 2.21. The number of carbonyl (C=O) groups excluding carboxylic acids is 1. The first kappa shape index (κ1) is 25.0. The number of halogens is 3. The highest BCUT2D eigenvalue weighted by Crippen LogP contribution is 2.46. The second kappa shape index (κ2) is 10.3. The summed E-state index contributed by atoms with van der Waals surface area (Å²) in [5, 5.41) is 19.1. The zero-order chi connectivity index (χ0) is 25.1. The summed E-state index contributed by atoms with van der Waals surface area (Å²) < 4.78 is 45.9. The lowest BCUT2D eigenvalue weighted by Gasteiger charge is -2.42. The smallest absolute Gasteiger partial charge is 0.396 e. The predicted octanol–water partition coefficient (Wildman–Crippen LogP) is 3.83. The van der Waals surface area contributed by atoms with Crippen LogP contribution in [0.2, 0.25) is 0 Å². The van der Waals surface area contributed by atoms with Crippen LogP contribution in [0.15, 0.2) is 48.5 Å². The number of hydrogen-bond donors (Lipinski definition) is 1. The molecule has 0 bridgehead atoms. The minimum atomic E-state index is -4.62. The summed E-state index contributed by atoms with van der Waals surface area (Å²) in [6, 6.07) is 15.0. The summed E-state index contributed by atoms with van der Waals surface area (Å²) in [7, 11) is 0. The molecule has 2 fully saturated rings. The molecule has 4 rings (SSSR count). The molecule has 35 heavy (non-hydrogen) atoms. The summed E-state index contributed by atoms with van der Waals surface area (Å²) >= 11 is 0. The molecule has 2 aliphatic heterocycles. The number of alkyl halides is 3. The number of amides is 1. The number of benzene rings is 2. The van der Waals surface area contributed by atoms with Crippen molar-refractivity contribution >= 4 is 11.6 Å². The first-order chi connectivity index (χ1) is 16.8. The molecule has 2 aromatic rings. The van der Waals surface area contributed by atoms with Crippen LogP contribution in [-0.4, -0.2) is 55.3 Å². The van der Waals surface area contributed by atoms with Gasteiger partial charge in [0, 0.05) is 44.4 Å². The molecule has 2 aliphatic rings. The number of piperidine rings is 1. The molecule has 186 valence electrons. The summed E-state index contributed by atoms with van der Waals surface area (Å²) in [5.41, 5.74) is -0.265. The lowest BCUT2D eigenvalue weighted by molar-refractivity contribution is -0.139. The van der Waals surface area contributed by atoms with E-state index in [1.54, 1.807) is 11.0 Å². The molecular formula is C26H28F3N3O3. The zero-order valence-electron chi connectivity index (χ0n) is 19.3. The van der Waals surface area contributed by atoms with Gasteiger partial charge in [-0.05, 0) is 42.0 Å². The van der Waals surface area contributed by atoms with Crippen molar-refractivity contribution in [1.82, 2.24) is 4.90 Å². The van der Waals surface area contributed by atoms with E-state index in [9.17, 15) is 23.1 Å². The van der Waals surface area contributed by atoms with E-state index in [0.29, 0.717) is 51.3 Å². The highest BCUT2D eigenvalue weighted by Gasteiger charge is 2.48. The van der Waals surface area contributed by atoms with Crippen molar-refractivity contribution in [2.75, 3.05) is 44.3 Å². The average Bonchev–Trinajstić information content (AvgIpc) is 3.21. The molecule has 6 nitrogen and oxygen atoms in total. The monoisotopic (exact) mass is 487 g/mol. The fraction of sp³-hybridized carbons (Fsp3) is 0.462. The van der Waals surface area contributed by atoms with Gasteiger partial charge in [0.25, 0.3) is 0 Å². The Morgan fingerprint density at radius 2 is 1.89 bits per heavy atom. The summed E-state index contributed by atoms with van der Waals surface area (Å²) in [4.78, 5) is 16.2. The fourth-order valence-corrected chi connectivity index (χ4v) is 5.23. The Kier molecular flexibility index (Phi) is 7.33.